The number of carbonyl (C=O) groups is 1. The number of urea groups is 1. The number of halogens is 3. The largest absolute Gasteiger partial charge is 0.413 e. The zero-order valence-corrected chi connectivity index (χ0v) is 13.7. The van der Waals surface area contributed by atoms with Crippen molar-refractivity contribution in [2.24, 2.45) is 5.41 Å². The summed E-state index contributed by atoms with van der Waals surface area (Å²) in [4.78, 5) is 13.9. The van der Waals surface area contributed by atoms with Gasteiger partial charge in [-0.1, -0.05) is 12.8 Å². The third-order valence-electron chi connectivity index (χ3n) is 4.83. The van der Waals surface area contributed by atoms with E-state index in [1.165, 1.54) is 12.0 Å². The Hall–Kier alpha value is -1.02. The first kappa shape index (κ1) is 18.3. The molecule has 2 amide bonds. The van der Waals surface area contributed by atoms with Gasteiger partial charge in [0.1, 0.15) is 0 Å². The fraction of sp³-hybridized carbons (Fsp3) is 0.933. The highest BCUT2D eigenvalue weighted by molar-refractivity contribution is 5.75. The predicted molar refractivity (Wildman–Crippen MR) is 78.2 cm³/mol. The monoisotopic (exact) mass is 338 g/mol. The van der Waals surface area contributed by atoms with Crippen LogP contribution in [0.4, 0.5) is 18.0 Å². The molecule has 1 saturated carbocycles. The lowest BCUT2D eigenvalue weighted by Gasteiger charge is -2.36. The van der Waals surface area contributed by atoms with Gasteiger partial charge in [-0.15, -0.1) is 0 Å². The van der Waals surface area contributed by atoms with Gasteiger partial charge in [0.25, 0.3) is 0 Å². The molecule has 1 spiro atoms. The third kappa shape index (κ3) is 4.09. The Bertz CT molecular complexity index is 425. The number of hydrogen-bond acceptors (Lipinski definition) is 3. The SMILES string of the molecule is COCC(C)(NC(=O)N1CCOCC2(CCCC2)C1)C(F)(F)F. The van der Waals surface area contributed by atoms with E-state index in [1.807, 2.05) is 0 Å². The molecule has 5 nitrogen and oxygen atoms in total. The molecule has 1 aliphatic carbocycles. The van der Waals surface area contributed by atoms with Crippen LogP contribution in [-0.2, 0) is 9.47 Å². The van der Waals surface area contributed by atoms with E-state index in [-0.39, 0.29) is 5.41 Å². The van der Waals surface area contributed by atoms with Crippen molar-refractivity contribution in [2.75, 3.05) is 40.0 Å². The van der Waals surface area contributed by atoms with E-state index < -0.39 is 24.4 Å². The van der Waals surface area contributed by atoms with E-state index in [4.69, 9.17) is 4.74 Å². The van der Waals surface area contributed by atoms with Crippen LogP contribution in [0.1, 0.15) is 32.6 Å². The van der Waals surface area contributed by atoms with Gasteiger partial charge in [-0.05, 0) is 19.8 Å². The smallest absolute Gasteiger partial charge is 0.382 e. The summed E-state index contributed by atoms with van der Waals surface area (Å²) in [7, 11) is 1.18. The van der Waals surface area contributed by atoms with Crippen molar-refractivity contribution in [3.05, 3.63) is 0 Å². The van der Waals surface area contributed by atoms with Crippen LogP contribution in [0.2, 0.25) is 0 Å². The lowest BCUT2D eigenvalue weighted by atomic mass is 9.87. The Morgan fingerprint density at radius 1 is 1.35 bits per heavy atom. The van der Waals surface area contributed by atoms with Gasteiger partial charge < -0.3 is 19.7 Å². The average Bonchev–Trinajstić information content (AvgIpc) is 2.78. The highest BCUT2D eigenvalue weighted by atomic mass is 19.4. The van der Waals surface area contributed by atoms with Crippen LogP contribution in [0.3, 0.4) is 0 Å². The molecule has 0 radical (unpaired) electrons. The van der Waals surface area contributed by atoms with Gasteiger partial charge in [-0.25, -0.2) is 4.79 Å². The lowest BCUT2D eigenvalue weighted by Crippen LogP contribution is -2.62. The topological polar surface area (TPSA) is 50.8 Å². The van der Waals surface area contributed by atoms with Crippen LogP contribution in [0.5, 0.6) is 0 Å². The zero-order chi connectivity index (χ0) is 17.1. The fourth-order valence-corrected chi connectivity index (χ4v) is 3.39. The summed E-state index contributed by atoms with van der Waals surface area (Å²) in [5, 5.41) is 2.12. The normalized spacial score (nSPS) is 24.3. The molecule has 0 aromatic heterocycles. The van der Waals surface area contributed by atoms with Crippen molar-refractivity contribution in [1.82, 2.24) is 10.2 Å². The van der Waals surface area contributed by atoms with Crippen molar-refractivity contribution < 1.29 is 27.4 Å². The number of hydrogen-bond donors (Lipinski definition) is 1. The van der Waals surface area contributed by atoms with Gasteiger partial charge in [0.05, 0.1) is 19.8 Å². The Balaban J connectivity index is 2.08. The third-order valence-corrected chi connectivity index (χ3v) is 4.83. The molecule has 1 aliphatic heterocycles. The maximum Gasteiger partial charge on any atom is 0.413 e. The Kier molecular flexibility index (Phi) is 5.45. The minimum Gasteiger partial charge on any atom is -0.382 e. The standard InChI is InChI=1S/C15H25F3N2O3/c1-13(10-22-2,15(16,17)18)19-12(21)20-7-8-23-11-14(9-20)5-3-4-6-14/h3-11H2,1-2H3,(H,19,21). The van der Waals surface area contributed by atoms with Gasteiger partial charge in [-0.3, -0.25) is 0 Å². The maximum atomic E-state index is 13.3. The number of ether oxygens (including phenoxy) is 2. The summed E-state index contributed by atoms with van der Waals surface area (Å²) in [6.07, 6.45) is -0.547. The van der Waals surface area contributed by atoms with E-state index in [1.54, 1.807) is 0 Å². The second kappa shape index (κ2) is 6.84. The fourth-order valence-electron chi connectivity index (χ4n) is 3.39. The molecule has 1 saturated heterocycles. The number of nitrogens with zero attached hydrogens (tertiary/aromatic N) is 1. The molecule has 1 heterocycles. The Morgan fingerprint density at radius 2 is 2.00 bits per heavy atom. The van der Waals surface area contributed by atoms with Gasteiger partial charge in [-0.2, -0.15) is 13.2 Å². The number of nitrogens with one attached hydrogen (secondary N) is 1. The molecular formula is C15H25F3N2O3. The van der Waals surface area contributed by atoms with Crippen LogP contribution in [0, 0.1) is 5.41 Å². The second-order valence-corrected chi connectivity index (χ2v) is 6.87. The van der Waals surface area contributed by atoms with Crippen molar-refractivity contribution in [1.29, 1.82) is 0 Å². The first-order valence-corrected chi connectivity index (χ1v) is 7.92. The highest BCUT2D eigenvalue weighted by Gasteiger charge is 2.53. The molecule has 0 bridgehead atoms. The van der Waals surface area contributed by atoms with Gasteiger partial charge in [0, 0.05) is 25.6 Å². The predicted octanol–water partition coefficient (Wildman–Crippen LogP) is 2.56. The Labute approximate surface area is 134 Å². The summed E-state index contributed by atoms with van der Waals surface area (Å²) in [6, 6.07) is -0.710. The second-order valence-electron chi connectivity index (χ2n) is 6.87. The molecule has 2 fully saturated rings. The molecule has 0 aromatic carbocycles. The van der Waals surface area contributed by atoms with E-state index >= 15 is 0 Å². The summed E-state index contributed by atoms with van der Waals surface area (Å²) in [5.74, 6) is 0. The lowest BCUT2D eigenvalue weighted by molar-refractivity contribution is -0.200. The summed E-state index contributed by atoms with van der Waals surface area (Å²) < 4.78 is 50.0. The molecule has 1 N–H and O–H groups in total. The molecule has 0 aromatic rings. The van der Waals surface area contributed by atoms with Gasteiger partial charge >= 0.3 is 12.2 Å². The first-order valence-electron chi connectivity index (χ1n) is 7.92. The van der Waals surface area contributed by atoms with Crippen LogP contribution < -0.4 is 5.32 Å². The summed E-state index contributed by atoms with van der Waals surface area (Å²) >= 11 is 0. The minimum absolute atomic E-state index is 0.107. The molecule has 8 heteroatoms. The van der Waals surface area contributed by atoms with Crippen molar-refractivity contribution in [3.63, 3.8) is 0 Å². The number of rotatable bonds is 3. The first-order chi connectivity index (χ1) is 10.7. The zero-order valence-electron chi connectivity index (χ0n) is 13.7. The van der Waals surface area contributed by atoms with Crippen LogP contribution in [0.15, 0.2) is 0 Å². The van der Waals surface area contributed by atoms with Crippen LogP contribution in [-0.4, -0.2) is 62.7 Å². The number of carbonyl (C=O) groups excluding carboxylic acids is 1. The molecule has 23 heavy (non-hydrogen) atoms. The van der Waals surface area contributed by atoms with E-state index in [0.717, 1.165) is 32.6 Å². The molecule has 134 valence electrons. The van der Waals surface area contributed by atoms with Crippen molar-refractivity contribution >= 4 is 6.03 Å². The van der Waals surface area contributed by atoms with E-state index in [9.17, 15) is 18.0 Å². The minimum atomic E-state index is -4.59. The number of amides is 2. The molecular weight excluding hydrogens is 313 g/mol. The number of alkyl halides is 3. The molecule has 2 rings (SSSR count). The van der Waals surface area contributed by atoms with Crippen LogP contribution in [0.25, 0.3) is 0 Å². The summed E-state index contributed by atoms with van der Waals surface area (Å²) in [5.41, 5.74) is -2.52. The summed E-state index contributed by atoms with van der Waals surface area (Å²) in [6.45, 7) is 1.98. The maximum absolute atomic E-state index is 13.3. The number of methoxy groups -OCH3 is 1. The van der Waals surface area contributed by atoms with Crippen molar-refractivity contribution in [2.45, 2.75) is 44.3 Å². The highest BCUT2D eigenvalue weighted by Crippen LogP contribution is 2.40. The Morgan fingerprint density at radius 3 is 2.57 bits per heavy atom. The van der Waals surface area contributed by atoms with Gasteiger partial charge in [0.2, 0.25) is 0 Å². The van der Waals surface area contributed by atoms with Crippen molar-refractivity contribution in [3.8, 4) is 0 Å². The molecule has 1 unspecified atom stereocenters. The van der Waals surface area contributed by atoms with E-state index in [2.05, 4.69) is 10.1 Å². The van der Waals surface area contributed by atoms with Gasteiger partial charge in [0.15, 0.2) is 5.54 Å². The average molecular weight is 338 g/mol. The molecule has 1 atom stereocenters. The quantitative estimate of drug-likeness (QED) is 0.860. The van der Waals surface area contributed by atoms with Crippen LogP contribution >= 0.6 is 0 Å². The van der Waals surface area contributed by atoms with E-state index in [0.29, 0.717) is 26.3 Å². The molecule has 2 aliphatic rings.